The van der Waals surface area contributed by atoms with E-state index in [0.717, 1.165) is 16.7 Å². The number of methoxy groups -OCH3 is 5. The van der Waals surface area contributed by atoms with Crippen LogP contribution in [0.4, 0.5) is 0 Å². The molecule has 0 aliphatic carbocycles. The highest BCUT2D eigenvalue weighted by atomic mass is 16.6. The quantitative estimate of drug-likeness (QED) is 0.714. The third kappa shape index (κ3) is 4.93. The molecule has 2 aromatic carbocycles. The highest BCUT2D eigenvalue weighted by Gasteiger charge is 2.20. The van der Waals surface area contributed by atoms with Gasteiger partial charge in [-0.3, -0.25) is 0 Å². The van der Waals surface area contributed by atoms with Crippen molar-refractivity contribution in [2.45, 2.75) is 12.7 Å². The summed E-state index contributed by atoms with van der Waals surface area (Å²) in [5, 5.41) is 10.5. The molecule has 0 aromatic heterocycles. The molecule has 0 heterocycles. The predicted octanol–water partition coefficient (Wildman–Crippen LogP) is 3.51. The first-order valence-electron chi connectivity index (χ1n) is 8.33. The molecule has 0 radical (unpaired) electrons. The topological polar surface area (TPSA) is 66.4 Å². The van der Waals surface area contributed by atoms with Crippen LogP contribution in [0.25, 0.3) is 5.57 Å². The maximum atomic E-state index is 10.5. The van der Waals surface area contributed by atoms with Crippen molar-refractivity contribution >= 4 is 5.57 Å². The van der Waals surface area contributed by atoms with Gasteiger partial charge in [-0.15, -0.1) is 0 Å². The Morgan fingerprint density at radius 3 is 1.85 bits per heavy atom. The molecule has 1 unspecified atom stereocenters. The Morgan fingerprint density at radius 1 is 0.778 bits per heavy atom. The van der Waals surface area contributed by atoms with Crippen molar-refractivity contribution in [1.82, 2.24) is 0 Å². The fraction of sp³-hybridized carbons (Fsp3) is 0.333. The van der Waals surface area contributed by atoms with Gasteiger partial charge in [0.1, 0.15) is 11.5 Å². The zero-order valence-electron chi connectivity index (χ0n) is 16.5. The molecule has 0 aliphatic heterocycles. The number of aliphatic hydroxyl groups is 1. The molecule has 2 aromatic rings. The Morgan fingerprint density at radius 2 is 1.37 bits per heavy atom. The zero-order valence-corrected chi connectivity index (χ0v) is 16.5. The molecule has 0 saturated carbocycles. The first-order chi connectivity index (χ1) is 12.9. The lowest BCUT2D eigenvalue weighted by molar-refractivity contribution is -0.130. The Kier molecular flexibility index (Phi) is 6.71. The molecule has 0 fully saturated rings. The van der Waals surface area contributed by atoms with Crippen molar-refractivity contribution < 1.29 is 28.8 Å². The smallest absolute Gasteiger partial charge is 0.182 e. The summed E-state index contributed by atoms with van der Waals surface area (Å²) >= 11 is 0. The summed E-state index contributed by atoms with van der Waals surface area (Å²) in [5.41, 5.74) is 2.32. The third-order valence-corrected chi connectivity index (χ3v) is 4.18. The van der Waals surface area contributed by atoms with E-state index >= 15 is 0 Å². The Bertz CT molecular complexity index is 788. The fourth-order valence-electron chi connectivity index (χ4n) is 2.63. The van der Waals surface area contributed by atoms with Crippen molar-refractivity contribution in [2.75, 3.05) is 35.5 Å². The first-order valence-corrected chi connectivity index (χ1v) is 8.33. The second-order valence-electron chi connectivity index (χ2n) is 5.99. The summed E-state index contributed by atoms with van der Waals surface area (Å²) in [7, 11) is 7.77. The molecule has 0 spiro atoms. The van der Waals surface area contributed by atoms with Gasteiger partial charge in [0.25, 0.3) is 0 Å². The lowest BCUT2D eigenvalue weighted by atomic mass is 9.95. The molecular weight excluding hydrogens is 348 g/mol. The normalized spacial score (nSPS) is 13.7. The lowest BCUT2D eigenvalue weighted by Crippen LogP contribution is -2.23. The molecule has 0 saturated heterocycles. The van der Waals surface area contributed by atoms with Gasteiger partial charge in [-0.25, -0.2) is 0 Å². The number of hydrogen-bond acceptors (Lipinski definition) is 6. The molecule has 2 rings (SSSR count). The SMILES string of the molecule is COc1cc(OC)cc(C(=CC(C)(O)OC)c2ccc(OC)c(OC)c2)c1. The number of ether oxygens (including phenoxy) is 5. The zero-order chi connectivity index (χ0) is 20.0. The van der Waals surface area contributed by atoms with E-state index in [1.54, 1.807) is 53.6 Å². The van der Waals surface area contributed by atoms with Crippen LogP contribution in [0.3, 0.4) is 0 Å². The van der Waals surface area contributed by atoms with Crippen LogP contribution < -0.4 is 18.9 Å². The van der Waals surface area contributed by atoms with Gasteiger partial charge in [-0.05, 0) is 54.0 Å². The maximum Gasteiger partial charge on any atom is 0.182 e. The van der Waals surface area contributed by atoms with Crippen molar-refractivity contribution in [1.29, 1.82) is 0 Å². The fourth-order valence-corrected chi connectivity index (χ4v) is 2.63. The van der Waals surface area contributed by atoms with Crippen molar-refractivity contribution in [3.8, 4) is 23.0 Å². The van der Waals surface area contributed by atoms with E-state index in [9.17, 15) is 5.11 Å². The summed E-state index contributed by atoms with van der Waals surface area (Å²) in [4.78, 5) is 0. The standard InChI is InChI=1S/C21H26O6/c1-21(22,27-6)13-18(14-7-8-19(25-4)20(11-14)26-5)15-9-16(23-2)12-17(10-15)24-3/h7-13,22H,1-6H3. The van der Waals surface area contributed by atoms with Crippen molar-refractivity contribution in [2.24, 2.45) is 0 Å². The number of rotatable bonds is 8. The van der Waals surface area contributed by atoms with Gasteiger partial charge in [0.05, 0.1) is 28.4 Å². The summed E-state index contributed by atoms with van der Waals surface area (Å²) in [6.45, 7) is 1.56. The van der Waals surface area contributed by atoms with Gasteiger partial charge in [-0.2, -0.15) is 0 Å². The summed E-state index contributed by atoms with van der Waals surface area (Å²) in [6.07, 6.45) is 1.63. The second kappa shape index (κ2) is 8.79. The molecule has 1 atom stereocenters. The second-order valence-corrected chi connectivity index (χ2v) is 5.99. The summed E-state index contributed by atoms with van der Waals surface area (Å²) in [5.74, 6) is 0.981. The molecule has 6 heteroatoms. The van der Waals surface area contributed by atoms with Crippen LogP contribution in [-0.4, -0.2) is 46.4 Å². The Balaban J connectivity index is 2.71. The molecule has 0 bridgehead atoms. The molecule has 0 amide bonds. The van der Waals surface area contributed by atoms with Crippen LogP contribution in [-0.2, 0) is 4.74 Å². The van der Waals surface area contributed by atoms with Gasteiger partial charge in [-0.1, -0.05) is 6.07 Å². The monoisotopic (exact) mass is 374 g/mol. The van der Waals surface area contributed by atoms with Gasteiger partial charge in [0.2, 0.25) is 0 Å². The molecule has 0 aliphatic rings. The predicted molar refractivity (Wildman–Crippen MR) is 104 cm³/mol. The van der Waals surface area contributed by atoms with E-state index in [0.29, 0.717) is 23.0 Å². The number of hydrogen-bond donors (Lipinski definition) is 1. The molecule has 1 N–H and O–H groups in total. The van der Waals surface area contributed by atoms with E-state index < -0.39 is 5.79 Å². The minimum absolute atomic E-state index is 0.577. The van der Waals surface area contributed by atoms with E-state index in [1.165, 1.54) is 7.11 Å². The van der Waals surface area contributed by atoms with Crippen LogP contribution in [0, 0.1) is 0 Å². The highest BCUT2D eigenvalue weighted by Crippen LogP contribution is 2.36. The van der Waals surface area contributed by atoms with Crippen molar-refractivity contribution in [3.63, 3.8) is 0 Å². The average molecular weight is 374 g/mol. The minimum Gasteiger partial charge on any atom is -0.497 e. The Hall–Kier alpha value is -2.70. The molecule has 146 valence electrons. The summed E-state index contributed by atoms with van der Waals surface area (Å²) in [6, 6.07) is 11.0. The largest absolute Gasteiger partial charge is 0.497 e. The minimum atomic E-state index is -1.47. The maximum absolute atomic E-state index is 10.5. The van der Waals surface area contributed by atoms with Crippen LogP contribution >= 0.6 is 0 Å². The molecular formula is C21H26O6. The highest BCUT2D eigenvalue weighted by molar-refractivity contribution is 5.82. The van der Waals surface area contributed by atoms with Gasteiger partial charge >= 0.3 is 0 Å². The molecule has 6 nitrogen and oxygen atoms in total. The third-order valence-electron chi connectivity index (χ3n) is 4.18. The van der Waals surface area contributed by atoms with Gasteiger partial charge in [0, 0.05) is 13.2 Å². The van der Waals surface area contributed by atoms with E-state index in [2.05, 4.69) is 0 Å². The van der Waals surface area contributed by atoms with E-state index in [1.807, 2.05) is 24.3 Å². The van der Waals surface area contributed by atoms with Crippen LogP contribution in [0.1, 0.15) is 18.1 Å². The summed E-state index contributed by atoms with van der Waals surface area (Å²) < 4.78 is 26.7. The first kappa shape index (κ1) is 20.6. The average Bonchev–Trinajstić information content (AvgIpc) is 2.70. The van der Waals surface area contributed by atoms with Crippen LogP contribution in [0.5, 0.6) is 23.0 Å². The molecule has 27 heavy (non-hydrogen) atoms. The number of benzene rings is 2. The van der Waals surface area contributed by atoms with Gasteiger partial charge in [0.15, 0.2) is 17.3 Å². The van der Waals surface area contributed by atoms with Gasteiger partial charge < -0.3 is 28.8 Å². The van der Waals surface area contributed by atoms with Crippen LogP contribution in [0.2, 0.25) is 0 Å². The van der Waals surface area contributed by atoms with E-state index in [-0.39, 0.29) is 0 Å². The van der Waals surface area contributed by atoms with E-state index in [4.69, 9.17) is 23.7 Å². The Labute approximate surface area is 159 Å². The van der Waals surface area contributed by atoms with Crippen molar-refractivity contribution in [3.05, 3.63) is 53.6 Å². The lowest BCUT2D eigenvalue weighted by Gasteiger charge is -2.21. The van der Waals surface area contributed by atoms with Crippen LogP contribution in [0.15, 0.2) is 42.5 Å².